The minimum Gasteiger partial charge on any atom is -0.467 e. The van der Waals surface area contributed by atoms with Crippen molar-refractivity contribution in [2.75, 3.05) is 19.0 Å². The molecule has 1 spiro atoms. The second kappa shape index (κ2) is 9.24. The summed E-state index contributed by atoms with van der Waals surface area (Å²) in [5.41, 5.74) is 2.69. The number of ether oxygens (including phenoxy) is 1. The van der Waals surface area contributed by atoms with E-state index in [-0.39, 0.29) is 23.9 Å². The summed E-state index contributed by atoms with van der Waals surface area (Å²) in [5.74, 6) is 0.417. The third kappa shape index (κ3) is 4.25. The normalized spacial score (nSPS) is 27.7. The lowest BCUT2D eigenvalue weighted by atomic mass is 9.59. The number of esters is 1. The molecule has 32 heavy (non-hydrogen) atoms. The van der Waals surface area contributed by atoms with Gasteiger partial charge in [-0.1, -0.05) is 42.3 Å². The first-order valence-corrected chi connectivity index (χ1v) is 12.1. The molecule has 2 aliphatic carbocycles. The molecule has 0 aromatic heterocycles. The van der Waals surface area contributed by atoms with Crippen molar-refractivity contribution in [2.24, 2.45) is 11.8 Å². The number of carbonyl (C=O) groups excluding carboxylic acids is 1. The number of rotatable bonds is 6. The number of aliphatic hydroxyl groups excluding tert-OH is 1. The molecule has 1 saturated carbocycles. The Morgan fingerprint density at radius 2 is 1.88 bits per heavy atom. The van der Waals surface area contributed by atoms with Gasteiger partial charge < -0.3 is 15.2 Å². The number of hydrogen-bond acceptors (Lipinski definition) is 4. The summed E-state index contributed by atoms with van der Waals surface area (Å²) in [6.07, 6.45) is 4.99. The van der Waals surface area contributed by atoms with Crippen molar-refractivity contribution in [3.8, 4) is 0 Å². The topological polar surface area (TPSA) is 58.6 Å². The fraction of sp³-hybridized carbons (Fsp3) is 0.500. The molecular formula is C26H31Cl2NO3. The Morgan fingerprint density at radius 3 is 2.53 bits per heavy atom. The Kier molecular flexibility index (Phi) is 6.76. The van der Waals surface area contributed by atoms with E-state index in [1.807, 2.05) is 30.3 Å². The van der Waals surface area contributed by atoms with Gasteiger partial charge in [-0.25, -0.2) is 4.79 Å². The number of halogens is 2. The first kappa shape index (κ1) is 23.4. The summed E-state index contributed by atoms with van der Waals surface area (Å²) in [7, 11) is 1.45. The number of anilines is 1. The SMILES string of the molecule is COC(=O)C1(Nc2cccc(Cl)c2)CCC2(CC1)c1ccc(Cl)cc1CC2C[C@@H](C)CO. The van der Waals surface area contributed by atoms with Crippen molar-refractivity contribution >= 4 is 34.9 Å². The van der Waals surface area contributed by atoms with E-state index in [0.29, 0.717) is 23.8 Å². The smallest absolute Gasteiger partial charge is 0.331 e. The highest BCUT2D eigenvalue weighted by Crippen LogP contribution is 2.56. The van der Waals surface area contributed by atoms with Gasteiger partial charge >= 0.3 is 5.97 Å². The molecule has 6 heteroatoms. The highest BCUT2D eigenvalue weighted by molar-refractivity contribution is 6.31. The van der Waals surface area contributed by atoms with Crippen LogP contribution in [0.4, 0.5) is 5.69 Å². The van der Waals surface area contributed by atoms with Crippen LogP contribution in [0.25, 0.3) is 0 Å². The Hall–Kier alpha value is -1.75. The molecule has 0 bridgehead atoms. The molecule has 0 radical (unpaired) electrons. The average Bonchev–Trinajstić information content (AvgIpc) is 3.06. The van der Waals surface area contributed by atoms with Crippen molar-refractivity contribution in [2.45, 2.75) is 56.4 Å². The van der Waals surface area contributed by atoms with E-state index in [2.05, 4.69) is 24.4 Å². The fourth-order valence-corrected chi connectivity index (χ4v) is 6.37. The first-order chi connectivity index (χ1) is 15.3. The summed E-state index contributed by atoms with van der Waals surface area (Å²) < 4.78 is 5.26. The second-order valence-corrected chi connectivity index (χ2v) is 10.5. The number of nitrogens with one attached hydrogen (secondary N) is 1. The molecule has 2 aromatic rings. The van der Waals surface area contributed by atoms with Crippen molar-refractivity contribution in [1.29, 1.82) is 0 Å². The Morgan fingerprint density at radius 1 is 1.16 bits per heavy atom. The predicted molar refractivity (Wildman–Crippen MR) is 129 cm³/mol. The number of benzene rings is 2. The average molecular weight is 476 g/mol. The summed E-state index contributed by atoms with van der Waals surface area (Å²) in [4.78, 5) is 13.0. The standard InChI is InChI=1S/C26H31Cl2NO3/c1-17(16-30)12-19-13-18-14-21(28)6-7-23(18)25(19)8-10-26(11-9-25,24(31)32-2)29-22-5-3-4-20(27)15-22/h3-7,14-15,17,19,29-30H,8-13,16H2,1-2H3/t17-,19?,25?,26?/m1/s1. The Labute approximate surface area is 200 Å². The van der Waals surface area contributed by atoms with Gasteiger partial charge in [0.2, 0.25) is 0 Å². The number of methoxy groups -OCH3 is 1. The predicted octanol–water partition coefficient (Wildman–Crippen LogP) is 6.02. The molecule has 4 rings (SSSR count). The zero-order valence-corrected chi connectivity index (χ0v) is 20.2. The van der Waals surface area contributed by atoms with Gasteiger partial charge in [-0.05, 0) is 97.2 Å². The van der Waals surface area contributed by atoms with Gasteiger partial charge in [0.05, 0.1) is 7.11 Å². The van der Waals surface area contributed by atoms with E-state index < -0.39 is 5.54 Å². The van der Waals surface area contributed by atoms with Crippen LogP contribution in [0.15, 0.2) is 42.5 Å². The van der Waals surface area contributed by atoms with Crippen molar-refractivity contribution in [3.63, 3.8) is 0 Å². The van der Waals surface area contributed by atoms with Crippen LogP contribution < -0.4 is 5.32 Å². The lowest BCUT2D eigenvalue weighted by Crippen LogP contribution is -2.53. The quantitative estimate of drug-likeness (QED) is 0.501. The van der Waals surface area contributed by atoms with Gasteiger partial charge in [-0.3, -0.25) is 0 Å². The fourth-order valence-electron chi connectivity index (χ4n) is 5.99. The molecule has 4 nitrogen and oxygen atoms in total. The zero-order chi connectivity index (χ0) is 22.9. The number of aliphatic hydroxyl groups is 1. The molecule has 0 aliphatic heterocycles. The van der Waals surface area contributed by atoms with E-state index >= 15 is 0 Å². The minimum atomic E-state index is -0.785. The van der Waals surface area contributed by atoms with Crippen LogP contribution in [-0.2, 0) is 21.4 Å². The van der Waals surface area contributed by atoms with Gasteiger partial charge in [0.25, 0.3) is 0 Å². The Bertz CT molecular complexity index is 985. The maximum absolute atomic E-state index is 13.0. The maximum Gasteiger partial charge on any atom is 0.331 e. The van der Waals surface area contributed by atoms with E-state index in [1.165, 1.54) is 18.2 Å². The van der Waals surface area contributed by atoms with Gasteiger partial charge in [0.1, 0.15) is 5.54 Å². The lowest BCUT2D eigenvalue weighted by Gasteiger charge is -2.47. The van der Waals surface area contributed by atoms with Crippen LogP contribution in [0, 0.1) is 11.8 Å². The van der Waals surface area contributed by atoms with Crippen LogP contribution in [0.5, 0.6) is 0 Å². The third-order valence-electron chi connectivity index (χ3n) is 7.63. The lowest BCUT2D eigenvalue weighted by molar-refractivity contribution is -0.148. The molecular weight excluding hydrogens is 445 g/mol. The first-order valence-electron chi connectivity index (χ1n) is 11.3. The van der Waals surface area contributed by atoms with E-state index in [4.69, 9.17) is 27.9 Å². The monoisotopic (exact) mass is 475 g/mol. The number of fused-ring (bicyclic) bond motifs is 2. The van der Waals surface area contributed by atoms with Crippen LogP contribution >= 0.6 is 23.2 Å². The summed E-state index contributed by atoms with van der Waals surface area (Å²) in [6.45, 7) is 2.29. The molecule has 2 aliphatic rings. The highest BCUT2D eigenvalue weighted by atomic mass is 35.5. The number of carbonyl (C=O) groups is 1. The molecule has 2 atom stereocenters. The van der Waals surface area contributed by atoms with Crippen LogP contribution in [0.3, 0.4) is 0 Å². The molecule has 1 unspecified atom stereocenters. The van der Waals surface area contributed by atoms with Crippen LogP contribution in [0.2, 0.25) is 10.0 Å². The van der Waals surface area contributed by atoms with E-state index in [0.717, 1.165) is 36.4 Å². The minimum absolute atomic E-state index is 0.0170. The molecule has 2 N–H and O–H groups in total. The molecule has 1 fully saturated rings. The van der Waals surface area contributed by atoms with Crippen molar-refractivity contribution in [1.82, 2.24) is 0 Å². The van der Waals surface area contributed by atoms with E-state index in [1.54, 1.807) is 0 Å². The van der Waals surface area contributed by atoms with Crippen molar-refractivity contribution in [3.05, 3.63) is 63.6 Å². The molecule has 2 aromatic carbocycles. The van der Waals surface area contributed by atoms with E-state index in [9.17, 15) is 9.90 Å². The molecule has 0 amide bonds. The molecule has 0 heterocycles. The van der Waals surface area contributed by atoms with Gasteiger partial charge in [0, 0.05) is 22.3 Å². The van der Waals surface area contributed by atoms with Crippen LogP contribution in [0.1, 0.15) is 50.2 Å². The second-order valence-electron chi connectivity index (χ2n) is 9.59. The maximum atomic E-state index is 13.0. The highest BCUT2D eigenvalue weighted by Gasteiger charge is 2.54. The number of hydrogen-bond donors (Lipinski definition) is 2. The third-order valence-corrected chi connectivity index (χ3v) is 8.10. The Balaban J connectivity index is 1.66. The van der Waals surface area contributed by atoms with Gasteiger partial charge in [-0.2, -0.15) is 0 Å². The molecule has 0 saturated heterocycles. The summed E-state index contributed by atoms with van der Waals surface area (Å²) in [6, 6.07) is 13.7. The molecule has 172 valence electrons. The zero-order valence-electron chi connectivity index (χ0n) is 18.7. The largest absolute Gasteiger partial charge is 0.467 e. The summed E-state index contributed by atoms with van der Waals surface area (Å²) >= 11 is 12.5. The van der Waals surface area contributed by atoms with Gasteiger partial charge in [0.15, 0.2) is 0 Å². The van der Waals surface area contributed by atoms with Gasteiger partial charge in [-0.15, -0.1) is 0 Å². The van der Waals surface area contributed by atoms with Crippen molar-refractivity contribution < 1.29 is 14.6 Å². The van der Waals surface area contributed by atoms with Crippen LogP contribution in [-0.4, -0.2) is 30.3 Å². The summed E-state index contributed by atoms with van der Waals surface area (Å²) in [5, 5.41) is 14.6.